The van der Waals surface area contributed by atoms with Gasteiger partial charge in [-0.3, -0.25) is 0 Å². The largest absolute Gasteiger partial charge is 0.451 e. The van der Waals surface area contributed by atoms with Gasteiger partial charge in [0, 0.05) is 0 Å². The third-order valence-corrected chi connectivity index (χ3v) is 2.82. The Hall–Kier alpha value is -0.880. The predicted molar refractivity (Wildman–Crippen MR) is 53.6 cm³/mol. The van der Waals surface area contributed by atoms with Crippen molar-refractivity contribution < 1.29 is 4.42 Å². The van der Waals surface area contributed by atoms with Crippen molar-refractivity contribution in [1.82, 2.24) is 9.97 Å². The first-order chi connectivity index (χ1) is 6.34. The van der Waals surface area contributed by atoms with Gasteiger partial charge in [-0.25, -0.2) is 9.97 Å². The highest BCUT2D eigenvalue weighted by Crippen LogP contribution is 2.23. The number of oxazole rings is 1. The smallest absolute Gasteiger partial charge is 0.184 e. The zero-order chi connectivity index (χ0) is 9.10. The lowest BCUT2D eigenvalue weighted by Crippen LogP contribution is -1.98. The number of rotatable bonds is 3. The predicted octanol–water partition coefficient (Wildman–Crippen LogP) is 2.51. The summed E-state index contributed by atoms with van der Waals surface area (Å²) >= 11 is 4.88. The van der Waals surface area contributed by atoms with E-state index in [4.69, 9.17) is 4.42 Å². The molecule has 2 heterocycles. The molecule has 0 fully saturated rings. The topological polar surface area (TPSA) is 51.0 Å². The van der Waals surface area contributed by atoms with E-state index < -0.39 is 0 Å². The van der Waals surface area contributed by atoms with Gasteiger partial charge in [-0.15, -0.1) is 0 Å². The average Bonchev–Trinajstić information content (AvgIpc) is 2.71. The van der Waals surface area contributed by atoms with E-state index in [1.165, 1.54) is 6.39 Å². The normalized spacial score (nSPS) is 10.2. The number of hydrogen-bond acceptors (Lipinski definition) is 5. The number of nitrogens with one attached hydrogen (secondary N) is 1. The Kier molecular flexibility index (Phi) is 2.60. The van der Waals surface area contributed by atoms with Crippen LogP contribution in [0.25, 0.3) is 0 Å². The van der Waals surface area contributed by atoms with E-state index in [0.717, 1.165) is 14.6 Å². The summed E-state index contributed by atoms with van der Waals surface area (Å²) in [5, 5.41) is 3.99. The molecule has 2 aromatic heterocycles. The van der Waals surface area contributed by atoms with Gasteiger partial charge in [0.1, 0.15) is 6.26 Å². The lowest BCUT2D eigenvalue weighted by atomic mass is 10.5. The van der Waals surface area contributed by atoms with Crippen LogP contribution in [0.4, 0.5) is 5.13 Å². The third-order valence-electron chi connectivity index (χ3n) is 1.38. The molecule has 0 aliphatic rings. The van der Waals surface area contributed by atoms with Crippen LogP contribution in [0, 0.1) is 0 Å². The fourth-order valence-corrected chi connectivity index (χ4v) is 1.93. The van der Waals surface area contributed by atoms with Crippen molar-refractivity contribution >= 4 is 32.4 Å². The summed E-state index contributed by atoms with van der Waals surface area (Å²) in [6.45, 7) is 0.635. The summed E-state index contributed by atoms with van der Waals surface area (Å²) in [5.74, 6) is 0. The summed E-state index contributed by atoms with van der Waals surface area (Å²) in [5.41, 5.74) is 0.867. The number of halogens is 1. The van der Waals surface area contributed by atoms with Crippen LogP contribution in [-0.4, -0.2) is 9.97 Å². The second-order valence-corrected chi connectivity index (χ2v) is 4.71. The minimum Gasteiger partial charge on any atom is -0.451 e. The van der Waals surface area contributed by atoms with Crippen LogP contribution in [0.5, 0.6) is 0 Å². The molecule has 68 valence electrons. The molecule has 2 rings (SSSR count). The Bertz CT molecular complexity index is 373. The molecule has 4 nitrogen and oxygen atoms in total. The minimum atomic E-state index is 0.635. The van der Waals surface area contributed by atoms with E-state index >= 15 is 0 Å². The molecule has 2 aromatic rings. The van der Waals surface area contributed by atoms with E-state index in [0.29, 0.717) is 6.54 Å². The Morgan fingerprint density at radius 3 is 3.08 bits per heavy atom. The first-order valence-corrected chi connectivity index (χ1v) is 5.18. The van der Waals surface area contributed by atoms with Gasteiger partial charge >= 0.3 is 0 Å². The van der Waals surface area contributed by atoms with E-state index in [9.17, 15) is 0 Å². The number of hydrogen-bond donors (Lipinski definition) is 1. The van der Waals surface area contributed by atoms with Gasteiger partial charge in [-0.2, -0.15) is 0 Å². The molecule has 0 radical (unpaired) electrons. The summed E-state index contributed by atoms with van der Waals surface area (Å²) in [6.07, 6.45) is 4.78. The van der Waals surface area contributed by atoms with Crippen LogP contribution in [0.3, 0.4) is 0 Å². The quantitative estimate of drug-likeness (QED) is 0.921. The molecule has 0 saturated carbocycles. The maximum Gasteiger partial charge on any atom is 0.184 e. The van der Waals surface area contributed by atoms with Gasteiger partial charge in [0.15, 0.2) is 11.5 Å². The lowest BCUT2D eigenvalue weighted by Gasteiger charge is -1.96. The molecule has 0 bridgehead atoms. The van der Waals surface area contributed by atoms with Crippen molar-refractivity contribution in [3.05, 3.63) is 28.3 Å². The summed E-state index contributed by atoms with van der Waals surface area (Å²) in [4.78, 5) is 8.09. The van der Waals surface area contributed by atoms with Gasteiger partial charge in [0.05, 0.1) is 22.2 Å². The van der Waals surface area contributed by atoms with Crippen molar-refractivity contribution in [2.45, 2.75) is 6.54 Å². The number of aromatic nitrogens is 2. The van der Waals surface area contributed by atoms with E-state index in [-0.39, 0.29) is 0 Å². The second-order valence-electron chi connectivity index (χ2n) is 2.30. The minimum absolute atomic E-state index is 0.635. The molecule has 1 N–H and O–H groups in total. The molecule has 0 aliphatic heterocycles. The van der Waals surface area contributed by atoms with Gasteiger partial charge in [-0.1, -0.05) is 11.3 Å². The Labute approximate surface area is 87.1 Å². The molecule has 0 aliphatic carbocycles. The molecule has 0 spiro atoms. The highest BCUT2D eigenvalue weighted by Gasteiger charge is 1.99. The monoisotopic (exact) mass is 259 g/mol. The molecular weight excluding hydrogens is 254 g/mol. The van der Waals surface area contributed by atoms with Crippen molar-refractivity contribution in [2.24, 2.45) is 0 Å². The average molecular weight is 260 g/mol. The van der Waals surface area contributed by atoms with Crippen LogP contribution in [0.1, 0.15) is 5.69 Å². The molecule has 13 heavy (non-hydrogen) atoms. The molecule has 0 atom stereocenters. The molecule has 0 amide bonds. The maximum absolute atomic E-state index is 4.83. The van der Waals surface area contributed by atoms with Crippen molar-refractivity contribution in [3.8, 4) is 0 Å². The van der Waals surface area contributed by atoms with Crippen LogP contribution in [-0.2, 0) is 6.54 Å². The molecule has 0 aromatic carbocycles. The first kappa shape index (κ1) is 8.71. The van der Waals surface area contributed by atoms with Crippen LogP contribution < -0.4 is 5.32 Å². The Balaban J connectivity index is 1.93. The zero-order valence-corrected chi connectivity index (χ0v) is 8.93. The van der Waals surface area contributed by atoms with Gasteiger partial charge in [0.25, 0.3) is 0 Å². The standard InChI is InChI=1S/C7H6BrN3OS/c8-6-2-10-7(13-6)9-1-5-3-12-4-11-5/h2-4H,1H2,(H,9,10). The van der Waals surface area contributed by atoms with E-state index in [1.807, 2.05) is 0 Å². The van der Waals surface area contributed by atoms with Gasteiger partial charge in [0.2, 0.25) is 0 Å². The summed E-state index contributed by atoms with van der Waals surface area (Å²) in [7, 11) is 0. The molecule has 0 unspecified atom stereocenters. The number of thiazole rings is 1. The Morgan fingerprint density at radius 1 is 1.54 bits per heavy atom. The van der Waals surface area contributed by atoms with Crippen molar-refractivity contribution in [1.29, 1.82) is 0 Å². The first-order valence-electron chi connectivity index (χ1n) is 3.57. The third kappa shape index (κ3) is 2.28. The maximum atomic E-state index is 4.83. The number of nitrogens with zero attached hydrogens (tertiary/aromatic N) is 2. The highest BCUT2D eigenvalue weighted by molar-refractivity contribution is 9.11. The second kappa shape index (κ2) is 3.89. The molecular formula is C7H6BrN3OS. The summed E-state index contributed by atoms with van der Waals surface area (Å²) in [6, 6.07) is 0. The van der Waals surface area contributed by atoms with Crippen LogP contribution >= 0.6 is 27.3 Å². The zero-order valence-electron chi connectivity index (χ0n) is 6.53. The SMILES string of the molecule is Brc1cnc(NCc2cocn2)s1. The van der Waals surface area contributed by atoms with Crippen LogP contribution in [0.15, 0.2) is 27.1 Å². The Morgan fingerprint density at radius 2 is 2.46 bits per heavy atom. The fourth-order valence-electron chi connectivity index (χ4n) is 0.827. The summed E-state index contributed by atoms with van der Waals surface area (Å²) < 4.78 is 5.84. The van der Waals surface area contributed by atoms with Gasteiger partial charge < -0.3 is 9.73 Å². The van der Waals surface area contributed by atoms with E-state index in [1.54, 1.807) is 23.8 Å². The van der Waals surface area contributed by atoms with Crippen LogP contribution in [0.2, 0.25) is 0 Å². The number of anilines is 1. The van der Waals surface area contributed by atoms with Crippen molar-refractivity contribution in [2.75, 3.05) is 5.32 Å². The van der Waals surface area contributed by atoms with E-state index in [2.05, 4.69) is 31.2 Å². The highest BCUT2D eigenvalue weighted by atomic mass is 79.9. The lowest BCUT2D eigenvalue weighted by molar-refractivity contribution is 0.556. The van der Waals surface area contributed by atoms with Crippen molar-refractivity contribution in [3.63, 3.8) is 0 Å². The fraction of sp³-hybridized carbons (Fsp3) is 0.143. The van der Waals surface area contributed by atoms with Gasteiger partial charge in [-0.05, 0) is 15.9 Å². The molecule has 6 heteroatoms. The molecule has 0 saturated heterocycles.